The van der Waals surface area contributed by atoms with Crippen molar-refractivity contribution in [2.75, 3.05) is 0 Å². The number of rotatable bonds is 4. The van der Waals surface area contributed by atoms with Crippen LogP contribution in [0.3, 0.4) is 0 Å². The Hall–Kier alpha value is -2.02. The molecule has 0 aliphatic heterocycles. The summed E-state index contributed by atoms with van der Waals surface area (Å²) < 4.78 is 13.3. The van der Waals surface area contributed by atoms with Crippen LogP contribution >= 0.6 is 0 Å². The maximum Gasteiger partial charge on any atom is 0.304 e. The third kappa shape index (κ3) is 3.25. The molecule has 6 nitrogen and oxygen atoms in total. The molecule has 0 unspecified atom stereocenters. The molecule has 1 aromatic carbocycles. The second kappa shape index (κ2) is 5.75. The highest BCUT2D eigenvalue weighted by Gasteiger charge is 2.19. The van der Waals surface area contributed by atoms with Crippen molar-refractivity contribution < 1.29 is 18.9 Å². The lowest BCUT2D eigenvalue weighted by Crippen LogP contribution is -2.28. The summed E-state index contributed by atoms with van der Waals surface area (Å²) in [7, 11) is 0. The lowest BCUT2D eigenvalue weighted by molar-refractivity contribution is -0.387. The van der Waals surface area contributed by atoms with Crippen molar-refractivity contribution in [3.05, 3.63) is 39.7 Å². The Labute approximate surface area is 108 Å². The normalized spacial score (nSPS) is 15.4. The summed E-state index contributed by atoms with van der Waals surface area (Å²) in [5, 5.41) is 10.4. The van der Waals surface area contributed by atoms with Crippen LogP contribution in [0.15, 0.2) is 18.2 Å². The molecule has 1 amide bonds. The first-order valence-electron chi connectivity index (χ1n) is 5.98. The van der Waals surface area contributed by atoms with Gasteiger partial charge in [-0.2, -0.15) is 4.39 Å². The number of nitrogens with zero attached hydrogens (tertiary/aromatic N) is 1. The predicted octanol–water partition coefficient (Wildman–Crippen LogP) is 2.34. The fourth-order valence-corrected chi connectivity index (χ4v) is 2.00. The molecule has 1 N–H and O–H groups in total. The zero-order valence-corrected chi connectivity index (χ0v) is 10.1. The van der Waals surface area contributed by atoms with E-state index in [4.69, 9.17) is 4.84 Å². The van der Waals surface area contributed by atoms with Gasteiger partial charge in [0.25, 0.3) is 5.91 Å². The maximum absolute atomic E-state index is 13.3. The molecule has 0 aromatic heterocycles. The third-order valence-corrected chi connectivity index (χ3v) is 3.03. The van der Waals surface area contributed by atoms with Crippen LogP contribution in [0.4, 0.5) is 10.1 Å². The maximum atomic E-state index is 13.3. The summed E-state index contributed by atoms with van der Waals surface area (Å²) in [4.78, 5) is 26.4. The van der Waals surface area contributed by atoms with Gasteiger partial charge in [-0.3, -0.25) is 19.7 Å². The monoisotopic (exact) mass is 268 g/mol. The van der Waals surface area contributed by atoms with Crippen LogP contribution in [0, 0.1) is 15.9 Å². The van der Waals surface area contributed by atoms with Crippen LogP contribution in [0.2, 0.25) is 0 Å². The van der Waals surface area contributed by atoms with Gasteiger partial charge in [-0.1, -0.05) is 12.8 Å². The summed E-state index contributed by atoms with van der Waals surface area (Å²) in [5.74, 6) is -1.65. The van der Waals surface area contributed by atoms with Gasteiger partial charge in [0.1, 0.15) is 0 Å². The smallest absolute Gasteiger partial charge is 0.270 e. The van der Waals surface area contributed by atoms with E-state index in [9.17, 15) is 19.3 Å². The highest BCUT2D eigenvalue weighted by molar-refractivity contribution is 5.93. The van der Waals surface area contributed by atoms with Crippen LogP contribution < -0.4 is 5.48 Å². The average Bonchev–Trinajstić information content (AvgIpc) is 2.88. The van der Waals surface area contributed by atoms with Crippen molar-refractivity contribution in [2.45, 2.75) is 31.8 Å². The number of carbonyl (C=O) groups excluding carboxylic acids is 1. The topological polar surface area (TPSA) is 81.5 Å². The van der Waals surface area contributed by atoms with E-state index < -0.39 is 22.3 Å². The minimum absolute atomic E-state index is 0.00755. The molecule has 0 atom stereocenters. The van der Waals surface area contributed by atoms with E-state index in [1.54, 1.807) is 0 Å². The van der Waals surface area contributed by atoms with Gasteiger partial charge in [0.05, 0.1) is 11.0 Å². The van der Waals surface area contributed by atoms with Crippen LogP contribution in [0.1, 0.15) is 36.0 Å². The number of hydrogen-bond acceptors (Lipinski definition) is 4. The molecular formula is C12H13FN2O4. The second-order valence-electron chi connectivity index (χ2n) is 4.38. The number of benzene rings is 1. The third-order valence-electron chi connectivity index (χ3n) is 3.03. The molecule has 1 aliphatic rings. The standard InChI is InChI=1S/C12H13FN2O4/c13-10-7-8(5-6-11(10)15(17)18)12(16)14-19-9-3-1-2-4-9/h5-7,9H,1-4H2,(H,14,16). The zero-order valence-electron chi connectivity index (χ0n) is 10.1. The predicted molar refractivity (Wildman–Crippen MR) is 63.9 cm³/mol. The van der Waals surface area contributed by atoms with Gasteiger partial charge in [-0.25, -0.2) is 5.48 Å². The quantitative estimate of drug-likeness (QED) is 0.671. The first-order valence-corrected chi connectivity index (χ1v) is 5.98. The van der Waals surface area contributed by atoms with Crippen LogP contribution in [0.5, 0.6) is 0 Å². The van der Waals surface area contributed by atoms with Crippen molar-refractivity contribution in [3.8, 4) is 0 Å². The van der Waals surface area contributed by atoms with Crippen LogP contribution in [-0.2, 0) is 4.84 Å². The molecule has 7 heteroatoms. The van der Waals surface area contributed by atoms with Gasteiger partial charge in [0.2, 0.25) is 5.82 Å². The highest BCUT2D eigenvalue weighted by atomic mass is 19.1. The minimum atomic E-state index is -1.04. The van der Waals surface area contributed by atoms with Crippen molar-refractivity contribution >= 4 is 11.6 Å². The Kier molecular flexibility index (Phi) is 4.06. The van der Waals surface area contributed by atoms with Gasteiger partial charge >= 0.3 is 5.69 Å². The first kappa shape index (κ1) is 13.4. The molecule has 1 saturated carbocycles. The Balaban J connectivity index is 1.98. The number of hydroxylamine groups is 1. The van der Waals surface area contributed by atoms with Crippen molar-refractivity contribution in [2.24, 2.45) is 0 Å². The molecule has 0 saturated heterocycles. The van der Waals surface area contributed by atoms with E-state index in [0.29, 0.717) is 0 Å². The summed E-state index contributed by atoms with van der Waals surface area (Å²) in [5.41, 5.74) is 1.57. The fourth-order valence-electron chi connectivity index (χ4n) is 2.00. The molecule has 1 aromatic rings. The number of nitrogens with one attached hydrogen (secondary N) is 1. The van der Waals surface area contributed by atoms with Crippen molar-refractivity contribution in [1.82, 2.24) is 5.48 Å². The number of hydrogen-bond donors (Lipinski definition) is 1. The number of amides is 1. The number of halogens is 1. The van der Waals surface area contributed by atoms with Gasteiger partial charge in [0, 0.05) is 11.6 Å². The van der Waals surface area contributed by atoms with E-state index >= 15 is 0 Å². The second-order valence-corrected chi connectivity index (χ2v) is 4.38. The van der Waals surface area contributed by atoms with Crippen molar-refractivity contribution in [3.63, 3.8) is 0 Å². The molecule has 0 heterocycles. The molecule has 0 spiro atoms. The summed E-state index contributed by atoms with van der Waals surface area (Å²) in [6.45, 7) is 0. The Morgan fingerprint density at radius 2 is 2.11 bits per heavy atom. The zero-order chi connectivity index (χ0) is 13.8. The van der Waals surface area contributed by atoms with Gasteiger partial charge in [0.15, 0.2) is 0 Å². The van der Waals surface area contributed by atoms with E-state index in [-0.39, 0.29) is 11.7 Å². The number of nitro benzene ring substituents is 1. The average molecular weight is 268 g/mol. The molecule has 1 aliphatic carbocycles. The van der Waals surface area contributed by atoms with E-state index in [0.717, 1.165) is 37.8 Å². The van der Waals surface area contributed by atoms with E-state index in [2.05, 4.69) is 5.48 Å². The summed E-state index contributed by atoms with van der Waals surface area (Å²) in [6.07, 6.45) is 3.88. The Bertz CT molecular complexity index is 501. The minimum Gasteiger partial charge on any atom is -0.270 e. The summed E-state index contributed by atoms with van der Waals surface area (Å²) in [6, 6.07) is 2.97. The lowest BCUT2D eigenvalue weighted by atomic mass is 10.2. The van der Waals surface area contributed by atoms with Gasteiger partial charge < -0.3 is 0 Å². The molecular weight excluding hydrogens is 255 g/mol. The first-order chi connectivity index (χ1) is 9.08. The van der Waals surface area contributed by atoms with Gasteiger partial charge in [-0.15, -0.1) is 0 Å². The van der Waals surface area contributed by atoms with Crippen LogP contribution in [-0.4, -0.2) is 16.9 Å². The molecule has 19 heavy (non-hydrogen) atoms. The molecule has 0 radical (unpaired) electrons. The van der Waals surface area contributed by atoms with Crippen molar-refractivity contribution in [1.29, 1.82) is 0 Å². The molecule has 2 rings (SSSR count). The number of carbonyl (C=O) groups is 1. The fraction of sp³-hybridized carbons (Fsp3) is 0.417. The van der Waals surface area contributed by atoms with Gasteiger partial charge in [-0.05, 0) is 25.0 Å². The SMILES string of the molecule is O=C(NOC1CCCC1)c1ccc([N+](=O)[O-])c(F)c1. The highest BCUT2D eigenvalue weighted by Crippen LogP contribution is 2.21. The lowest BCUT2D eigenvalue weighted by Gasteiger charge is -2.11. The number of nitro groups is 1. The van der Waals surface area contributed by atoms with E-state index in [1.165, 1.54) is 6.07 Å². The largest absolute Gasteiger partial charge is 0.304 e. The molecule has 102 valence electrons. The Morgan fingerprint density at radius 3 is 2.68 bits per heavy atom. The van der Waals surface area contributed by atoms with E-state index in [1.807, 2.05) is 0 Å². The molecule has 1 fully saturated rings. The van der Waals surface area contributed by atoms with Crippen LogP contribution in [0.25, 0.3) is 0 Å². The summed E-state index contributed by atoms with van der Waals surface area (Å²) >= 11 is 0. The molecule has 0 bridgehead atoms. The Morgan fingerprint density at radius 1 is 1.42 bits per heavy atom.